The Bertz CT molecular complexity index is 182. The highest BCUT2D eigenvalue weighted by atomic mass is 35.5. The van der Waals surface area contributed by atoms with Crippen LogP contribution in [0.4, 0.5) is 4.39 Å². The molecule has 0 radical (unpaired) electrons. The highest BCUT2D eigenvalue weighted by Crippen LogP contribution is 2.14. The molecule has 2 atom stereocenters. The van der Waals surface area contributed by atoms with E-state index in [4.69, 9.17) is 4.74 Å². The zero-order chi connectivity index (χ0) is 9.80. The van der Waals surface area contributed by atoms with Crippen molar-refractivity contribution < 1.29 is 9.13 Å². The molecule has 6 heteroatoms. The third-order valence-electron chi connectivity index (χ3n) is 3.08. The van der Waals surface area contributed by atoms with E-state index in [0.717, 1.165) is 32.4 Å². The largest absolute Gasteiger partial charge is 0.378 e. The molecule has 2 heterocycles. The summed E-state index contributed by atoms with van der Waals surface area (Å²) in [5.41, 5.74) is 0. The first-order chi connectivity index (χ1) is 6.86. The fourth-order valence-corrected chi connectivity index (χ4v) is 2.18. The summed E-state index contributed by atoms with van der Waals surface area (Å²) < 4.78 is 18.5. The molecule has 0 aromatic heterocycles. The minimum Gasteiger partial charge on any atom is -0.378 e. The molecule has 2 saturated heterocycles. The maximum absolute atomic E-state index is 13.4. The van der Waals surface area contributed by atoms with E-state index in [-0.39, 0.29) is 37.5 Å². The van der Waals surface area contributed by atoms with Gasteiger partial charge < -0.3 is 15.4 Å². The van der Waals surface area contributed by atoms with Gasteiger partial charge in [-0.3, -0.25) is 0 Å². The molecule has 0 unspecified atom stereocenters. The molecule has 3 nitrogen and oxygen atoms in total. The zero-order valence-electron chi connectivity index (χ0n) is 9.28. The molecule has 0 amide bonds. The molecular formula is C10H21Cl2FN2O. The van der Waals surface area contributed by atoms with Crippen LogP contribution in [0.3, 0.4) is 0 Å². The lowest BCUT2D eigenvalue weighted by molar-refractivity contribution is 0.00990. The Balaban J connectivity index is 0.00000112. The Morgan fingerprint density at radius 1 is 1.12 bits per heavy atom. The quantitative estimate of drug-likeness (QED) is 0.797. The molecule has 2 fully saturated rings. The normalized spacial score (nSPS) is 31.3. The number of hydrogen-bond acceptors (Lipinski definition) is 3. The van der Waals surface area contributed by atoms with Crippen LogP contribution in [-0.2, 0) is 4.74 Å². The molecule has 2 rings (SSSR count). The lowest BCUT2D eigenvalue weighted by atomic mass is 10.0. The molecule has 0 aromatic rings. The van der Waals surface area contributed by atoms with E-state index in [1.807, 2.05) is 0 Å². The SMILES string of the molecule is Cl.Cl.F[C@H]1COCC[C@H]1NC1CCNCC1. The minimum absolute atomic E-state index is 0. The van der Waals surface area contributed by atoms with Gasteiger partial charge in [0.25, 0.3) is 0 Å². The molecule has 2 N–H and O–H groups in total. The van der Waals surface area contributed by atoms with E-state index >= 15 is 0 Å². The molecule has 2 aliphatic heterocycles. The summed E-state index contributed by atoms with van der Waals surface area (Å²) in [6, 6.07) is 0.518. The van der Waals surface area contributed by atoms with Crippen LogP contribution in [0.2, 0.25) is 0 Å². The summed E-state index contributed by atoms with van der Waals surface area (Å²) in [5.74, 6) is 0. The number of ether oxygens (including phenoxy) is 1. The molecule has 0 spiro atoms. The highest BCUT2D eigenvalue weighted by Gasteiger charge is 2.27. The van der Waals surface area contributed by atoms with Gasteiger partial charge in [-0.05, 0) is 32.4 Å². The number of rotatable bonds is 2. The molecule has 0 bridgehead atoms. The summed E-state index contributed by atoms with van der Waals surface area (Å²) in [5, 5.41) is 6.72. The van der Waals surface area contributed by atoms with Gasteiger partial charge in [0.1, 0.15) is 6.17 Å². The average Bonchev–Trinajstić information content (AvgIpc) is 2.23. The number of piperidine rings is 1. The summed E-state index contributed by atoms with van der Waals surface area (Å²) in [4.78, 5) is 0. The lowest BCUT2D eigenvalue weighted by Gasteiger charge is -2.33. The van der Waals surface area contributed by atoms with Gasteiger partial charge in [0.2, 0.25) is 0 Å². The van der Waals surface area contributed by atoms with Crippen molar-refractivity contribution in [1.82, 2.24) is 10.6 Å². The summed E-state index contributed by atoms with van der Waals surface area (Å²) in [6.45, 7) is 3.07. The fraction of sp³-hybridized carbons (Fsp3) is 1.00. The van der Waals surface area contributed by atoms with Crippen LogP contribution in [0.15, 0.2) is 0 Å². The first-order valence-electron chi connectivity index (χ1n) is 5.55. The zero-order valence-corrected chi connectivity index (χ0v) is 10.9. The van der Waals surface area contributed by atoms with E-state index < -0.39 is 6.17 Å². The third kappa shape index (κ3) is 4.72. The van der Waals surface area contributed by atoms with Crippen LogP contribution in [0.25, 0.3) is 0 Å². The van der Waals surface area contributed by atoms with E-state index in [9.17, 15) is 4.39 Å². The highest BCUT2D eigenvalue weighted by molar-refractivity contribution is 5.85. The van der Waals surface area contributed by atoms with E-state index in [0.29, 0.717) is 12.6 Å². The van der Waals surface area contributed by atoms with Crippen molar-refractivity contribution in [3.8, 4) is 0 Å². The number of nitrogens with one attached hydrogen (secondary N) is 2. The van der Waals surface area contributed by atoms with Gasteiger partial charge in [0.05, 0.1) is 6.61 Å². The van der Waals surface area contributed by atoms with Crippen LogP contribution < -0.4 is 10.6 Å². The van der Waals surface area contributed by atoms with Crippen molar-refractivity contribution in [2.75, 3.05) is 26.3 Å². The van der Waals surface area contributed by atoms with Gasteiger partial charge >= 0.3 is 0 Å². The van der Waals surface area contributed by atoms with Crippen LogP contribution >= 0.6 is 24.8 Å². The van der Waals surface area contributed by atoms with Gasteiger partial charge in [0.15, 0.2) is 0 Å². The Hall–Kier alpha value is 0.390. The second kappa shape index (κ2) is 8.48. The topological polar surface area (TPSA) is 33.3 Å². The maximum atomic E-state index is 13.4. The van der Waals surface area contributed by atoms with Crippen molar-refractivity contribution >= 4 is 24.8 Å². The molecular weight excluding hydrogens is 254 g/mol. The first kappa shape index (κ1) is 16.4. The Morgan fingerprint density at radius 2 is 1.81 bits per heavy atom. The smallest absolute Gasteiger partial charge is 0.139 e. The van der Waals surface area contributed by atoms with Gasteiger partial charge in [-0.15, -0.1) is 24.8 Å². The van der Waals surface area contributed by atoms with Crippen LogP contribution in [0.5, 0.6) is 0 Å². The van der Waals surface area contributed by atoms with Crippen molar-refractivity contribution in [1.29, 1.82) is 0 Å². The fourth-order valence-electron chi connectivity index (χ4n) is 2.18. The Kier molecular flexibility index (Phi) is 8.68. The summed E-state index contributed by atoms with van der Waals surface area (Å²) >= 11 is 0. The molecule has 0 saturated carbocycles. The van der Waals surface area contributed by atoms with Crippen molar-refractivity contribution in [3.05, 3.63) is 0 Å². The van der Waals surface area contributed by atoms with Gasteiger partial charge in [-0.1, -0.05) is 0 Å². The molecule has 16 heavy (non-hydrogen) atoms. The molecule has 98 valence electrons. The van der Waals surface area contributed by atoms with Gasteiger partial charge in [-0.2, -0.15) is 0 Å². The summed E-state index contributed by atoms with van der Waals surface area (Å²) in [6.07, 6.45) is 2.22. The minimum atomic E-state index is -0.821. The van der Waals surface area contributed by atoms with Crippen molar-refractivity contribution in [3.63, 3.8) is 0 Å². The standard InChI is InChI=1S/C10H19FN2O.2ClH/c11-9-7-14-6-3-10(9)13-8-1-4-12-5-2-8;;/h8-10,12-13H,1-7H2;2*1H/t9-,10+;;/m0../s1. The molecule has 0 aliphatic carbocycles. The number of halogens is 3. The monoisotopic (exact) mass is 274 g/mol. The predicted octanol–water partition coefficient (Wildman–Crippen LogP) is 1.30. The Labute approximate surface area is 109 Å². The summed E-state index contributed by atoms with van der Waals surface area (Å²) in [7, 11) is 0. The van der Waals surface area contributed by atoms with E-state index in [2.05, 4.69) is 10.6 Å². The first-order valence-corrected chi connectivity index (χ1v) is 5.55. The molecule has 2 aliphatic rings. The predicted molar refractivity (Wildman–Crippen MR) is 67.6 cm³/mol. The van der Waals surface area contributed by atoms with E-state index in [1.54, 1.807) is 0 Å². The third-order valence-corrected chi connectivity index (χ3v) is 3.08. The van der Waals surface area contributed by atoms with E-state index in [1.165, 1.54) is 0 Å². The number of alkyl halides is 1. The van der Waals surface area contributed by atoms with Gasteiger partial charge in [-0.25, -0.2) is 4.39 Å². The number of hydrogen-bond donors (Lipinski definition) is 2. The van der Waals surface area contributed by atoms with Crippen LogP contribution in [0.1, 0.15) is 19.3 Å². The van der Waals surface area contributed by atoms with Crippen molar-refractivity contribution in [2.24, 2.45) is 0 Å². The van der Waals surface area contributed by atoms with Crippen LogP contribution in [0, 0.1) is 0 Å². The average molecular weight is 275 g/mol. The lowest BCUT2D eigenvalue weighted by Crippen LogP contribution is -2.51. The maximum Gasteiger partial charge on any atom is 0.139 e. The van der Waals surface area contributed by atoms with Gasteiger partial charge in [0, 0.05) is 18.7 Å². The van der Waals surface area contributed by atoms with Crippen molar-refractivity contribution in [2.45, 2.75) is 37.5 Å². The Morgan fingerprint density at radius 3 is 2.44 bits per heavy atom. The molecule has 0 aromatic carbocycles. The second-order valence-corrected chi connectivity index (χ2v) is 4.18. The van der Waals surface area contributed by atoms with Crippen LogP contribution in [-0.4, -0.2) is 44.6 Å². The second-order valence-electron chi connectivity index (χ2n) is 4.18.